The van der Waals surface area contributed by atoms with Crippen molar-refractivity contribution in [3.05, 3.63) is 84.7 Å². The molecule has 0 atom stereocenters. The van der Waals surface area contributed by atoms with Crippen molar-refractivity contribution in [3.8, 4) is 22.3 Å². The van der Waals surface area contributed by atoms with Gasteiger partial charge in [0.1, 0.15) is 0 Å². The van der Waals surface area contributed by atoms with Gasteiger partial charge in [-0.15, -0.1) is 0 Å². The zero-order valence-corrected chi connectivity index (χ0v) is 17.5. The highest BCUT2D eigenvalue weighted by atomic mass is 16.4. The highest BCUT2D eigenvalue weighted by Crippen LogP contribution is 2.37. The number of hydrogen-bond acceptors (Lipinski definition) is 5. The van der Waals surface area contributed by atoms with Crippen LogP contribution in [0.15, 0.2) is 82.0 Å². The van der Waals surface area contributed by atoms with E-state index < -0.39 is 0 Å². The third kappa shape index (κ3) is 3.39. The van der Waals surface area contributed by atoms with Gasteiger partial charge in [0.15, 0.2) is 11.5 Å². The summed E-state index contributed by atoms with van der Waals surface area (Å²) in [6.07, 6.45) is 3.09. The van der Waals surface area contributed by atoms with E-state index in [2.05, 4.69) is 0 Å². The van der Waals surface area contributed by atoms with Crippen molar-refractivity contribution in [3.63, 3.8) is 0 Å². The molecule has 0 radical (unpaired) electrons. The molecule has 30 heavy (non-hydrogen) atoms. The summed E-state index contributed by atoms with van der Waals surface area (Å²) >= 11 is 0. The van der Waals surface area contributed by atoms with E-state index in [1.165, 1.54) is 0 Å². The molecule has 5 nitrogen and oxygen atoms in total. The number of ketones is 1. The van der Waals surface area contributed by atoms with Crippen LogP contribution in [0.3, 0.4) is 0 Å². The van der Waals surface area contributed by atoms with Gasteiger partial charge in [0.05, 0.1) is 12.5 Å². The lowest BCUT2D eigenvalue weighted by atomic mass is 9.98. The first kappa shape index (κ1) is 19.6. The van der Waals surface area contributed by atoms with Crippen LogP contribution in [0.1, 0.15) is 16.3 Å². The van der Waals surface area contributed by atoms with Gasteiger partial charge in [-0.3, -0.25) is 4.79 Å². The second-order valence-electron chi connectivity index (χ2n) is 7.48. The number of benzene rings is 2. The summed E-state index contributed by atoms with van der Waals surface area (Å²) in [6, 6.07) is 19.5. The number of para-hydroxylation sites is 2. The summed E-state index contributed by atoms with van der Waals surface area (Å²) < 4.78 is 11.3. The van der Waals surface area contributed by atoms with E-state index in [1.54, 1.807) is 12.5 Å². The van der Waals surface area contributed by atoms with E-state index >= 15 is 0 Å². The maximum atomic E-state index is 13.5. The maximum Gasteiger partial charge on any atom is 0.264 e. The van der Waals surface area contributed by atoms with Gasteiger partial charge in [0, 0.05) is 61.8 Å². The van der Waals surface area contributed by atoms with Gasteiger partial charge in [-0.2, -0.15) is 0 Å². The fourth-order valence-corrected chi connectivity index (χ4v) is 3.68. The summed E-state index contributed by atoms with van der Waals surface area (Å²) in [7, 11) is 7.90. The van der Waals surface area contributed by atoms with Crippen molar-refractivity contribution >= 4 is 17.2 Å². The molecule has 0 aliphatic heterocycles. The Morgan fingerprint density at radius 3 is 1.40 bits per heavy atom. The Morgan fingerprint density at radius 2 is 1.00 bits per heavy atom. The minimum Gasteiger partial charge on any atom is -0.460 e. The SMILES string of the molecule is CN(C)c1ccccc1-c1ccoc1C(=O)c1occc1-c1ccccc1N(C)C. The van der Waals surface area contributed by atoms with Gasteiger partial charge in [-0.25, -0.2) is 0 Å². The third-order valence-corrected chi connectivity index (χ3v) is 5.09. The zero-order chi connectivity index (χ0) is 21.3. The first-order valence-electron chi connectivity index (χ1n) is 9.72. The molecule has 0 bridgehead atoms. The molecular weight excluding hydrogens is 376 g/mol. The first-order chi connectivity index (χ1) is 14.5. The van der Waals surface area contributed by atoms with E-state index in [-0.39, 0.29) is 17.3 Å². The van der Waals surface area contributed by atoms with Crippen LogP contribution >= 0.6 is 0 Å². The molecule has 152 valence electrons. The van der Waals surface area contributed by atoms with E-state index in [0.29, 0.717) is 0 Å². The fraction of sp³-hybridized carbons (Fsp3) is 0.160. The predicted molar refractivity (Wildman–Crippen MR) is 120 cm³/mol. The van der Waals surface area contributed by atoms with Crippen molar-refractivity contribution in [2.45, 2.75) is 0 Å². The summed E-state index contributed by atoms with van der Waals surface area (Å²) in [4.78, 5) is 17.5. The van der Waals surface area contributed by atoms with Crippen LogP contribution in [-0.2, 0) is 0 Å². The Kier molecular flexibility index (Phi) is 5.19. The highest BCUT2D eigenvalue weighted by Gasteiger charge is 2.26. The average molecular weight is 400 g/mol. The molecule has 0 fully saturated rings. The Hall–Kier alpha value is -3.73. The van der Waals surface area contributed by atoms with Crippen LogP contribution in [0.2, 0.25) is 0 Å². The number of furan rings is 2. The number of rotatable bonds is 6. The lowest BCUT2D eigenvalue weighted by Crippen LogP contribution is -2.11. The van der Waals surface area contributed by atoms with Crippen LogP contribution in [0.4, 0.5) is 11.4 Å². The van der Waals surface area contributed by atoms with Crippen molar-refractivity contribution in [2.75, 3.05) is 38.0 Å². The van der Waals surface area contributed by atoms with Crippen LogP contribution in [0, 0.1) is 0 Å². The molecule has 4 aromatic rings. The molecular formula is C25H24N2O3. The summed E-state index contributed by atoms with van der Waals surface area (Å²) in [5, 5.41) is 0. The topological polar surface area (TPSA) is 49.8 Å². The second kappa shape index (κ2) is 7.95. The Bertz CT molecular complexity index is 1090. The largest absolute Gasteiger partial charge is 0.460 e. The molecule has 0 aliphatic rings. The lowest BCUT2D eigenvalue weighted by Gasteiger charge is -2.17. The minimum atomic E-state index is -0.280. The van der Waals surface area contributed by atoms with Gasteiger partial charge in [-0.05, 0) is 24.3 Å². The molecule has 0 spiro atoms. The molecule has 2 aromatic heterocycles. The number of anilines is 2. The minimum absolute atomic E-state index is 0.267. The summed E-state index contributed by atoms with van der Waals surface area (Å²) in [5.74, 6) is 0.253. The van der Waals surface area contributed by atoms with Crippen molar-refractivity contribution in [1.82, 2.24) is 0 Å². The van der Waals surface area contributed by atoms with Crippen LogP contribution in [0.5, 0.6) is 0 Å². The highest BCUT2D eigenvalue weighted by molar-refractivity contribution is 6.13. The quantitative estimate of drug-likeness (QED) is 0.396. The normalized spacial score (nSPS) is 10.8. The summed E-state index contributed by atoms with van der Waals surface area (Å²) in [5.41, 5.74) is 5.36. The van der Waals surface area contributed by atoms with Gasteiger partial charge in [0.2, 0.25) is 0 Å². The molecule has 0 saturated heterocycles. The molecule has 2 aromatic carbocycles. The third-order valence-electron chi connectivity index (χ3n) is 5.09. The lowest BCUT2D eigenvalue weighted by molar-refractivity contribution is 0.0985. The van der Waals surface area contributed by atoms with E-state index in [9.17, 15) is 4.79 Å². The molecule has 5 heteroatoms. The van der Waals surface area contributed by atoms with Crippen molar-refractivity contribution in [1.29, 1.82) is 0 Å². The van der Waals surface area contributed by atoms with Gasteiger partial charge < -0.3 is 18.6 Å². The first-order valence-corrected chi connectivity index (χ1v) is 9.72. The molecule has 2 heterocycles. The molecule has 0 amide bonds. The Labute approximate surface area is 176 Å². The number of nitrogens with zero attached hydrogens (tertiary/aromatic N) is 2. The van der Waals surface area contributed by atoms with Crippen LogP contribution < -0.4 is 9.80 Å². The fourth-order valence-electron chi connectivity index (χ4n) is 3.68. The zero-order valence-electron chi connectivity index (χ0n) is 17.5. The van der Waals surface area contributed by atoms with Crippen molar-refractivity contribution < 1.29 is 13.6 Å². The van der Waals surface area contributed by atoms with Crippen molar-refractivity contribution in [2.24, 2.45) is 0 Å². The van der Waals surface area contributed by atoms with E-state index in [1.807, 2.05) is 98.7 Å². The number of carbonyl (C=O) groups is 1. The molecule has 0 unspecified atom stereocenters. The smallest absolute Gasteiger partial charge is 0.264 e. The number of carbonyl (C=O) groups excluding carboxylic acids is 1. The van der Waals surface area contributed by atoms with Gasteiger partial charge in [-0.1, -0.05) is 36.4 Å². The molecule has 0 N–H and O–H groups in total. The molecule has 0 saturated carbocycles. The number of hydrogen-bond donors (Lipinski definition) is 0. The van der Waals surface area contributed by atoms with E-state index in [4.69, 9.17) is 8.83 Å². The predicted octanol–water partition coefficient (Wildman–Crippen LogP) is 5.57. The standard InChI is InChI=1S/C25H24N2O3/c1-26(2)21-11-7-5-9-17(21)19-13-15-29-24(19)23(28)25-20(14-16-30-25)18-10-6-8-12-22(18)27(3)4/h5-16H,1-4H3. The second-order valence-corrected chi connectivity index (χ2v) is 7.48. The maximum absolute atomic E-state index is 13.5. The molecule has 4 rings (SSSR count). The molecule has 0 aliphatic carbocycles. The van der Waals surface area contributed by atoms with Crippen LogP contribution in [0.25, 0.3) is 22.3 Å². The Morgan fingerprint density at radius 1 is 0.600 bits per heavy atom. The average Bonchev–Trinajstić information content (AvgIpc) is 3.43. The summed E-state index contributed by atoms with van der Waals surface area (Å²) in [6.45, 7) is 0. The van der Waals surface area contributed by atoms with Gasteiger partial charge >= 0.3 is 0 Å². The Balaban J connectivity index is 1.81. The van der Waals surface area contributed by atoms with Crippen LogP contribution in [-0.4, -0.2) is 34.0 Å². The van der Waals surface area contributed by atoms with Gasteiger partial charge in [0.25, 0.3) is 5.78 Å². The van der Waals surface area contributed by atoms with E-state index in [0.717, 1.165) is 33.6 Å². The monoisotopic (exact) mass is 400 g/mol.